The second kappa shape index (κ2) is 6.41. The van der Waals surface area contributed by atoms with E-state index in [2.05, 4.69) is 42.8 Å². The minimum atomic E-state index is 0.315. The molecule has 0 unspecified atom stereocenters. The Bertz CT molecular complexity index is 358. The van der Waals surface area contributed by atoms with E-state index in [0.717, 1.165) is 29.7 Å². The molecule has 0 aromatic heterocycles. The number of hydrogen-bond donors (Lipinski definition) is 1. The maximum atomic E-state index is 5.76. The lowest BCUT2D eigenvalue weighted by Gasteiger charge is -2.18. The van der Waals surface area contributed by atoms with Crippen LogP contribution in [0.3, 0.4) is 0 Å². The maximum Gasteiger partial charge on any atom is 0.119 e. The SMILES string of the molecule is CC(C)(C)CCOc1ccc(Br)c(CCN)c1. The molecule has 2 N–H and O–H groups in total. The minimum Gasteiger partial charge on any atom is -0.494 e. The predicted molar refractivity (Wildman–Crippen MR) is 76.5 cm³/mol. The fourth-order valence-electron chi connectivity index (χ4n) is 1.46. The first-order chi connectivity index (χ1) is 7.92. The zero-order valence-electron chi connectivity index (χ0n) is 10.9. The summed E-state index contributed by atoms with van der Waals surface area (Å²) in [5, 5.41) is 0. The average molecular weight is 300 g/mol. The fourth-order valence-corrected chi connectivity index (χ4v) is 1.91. The van der Waals surface area contributed by atoms with E-state index in [1.165, 1.54) is 5.56 Å². The van der Waals surface area contributed by atoms with Gasteiger partial charge in [0.25, 0.3) is 0 Å². The third kappa shape index (κ3) is 5.55. The number of nitrogens with two attached hydrogens (primary N) is 1. The first-order valence-corrected chi connectivity index (χ1v) is 6.83. The van der Waals surface area contributed by atoms with Crippen molar-refractivity contribution in [1.82, 2.24) is 0 Å². The molecule has 96 valence electrons. The number of halogens is 1. The van der Waals surface area contributed by atoms with Gasteiger partial charge in [-0.05, 0) is 48.6 Å². The molecule has 0 amide bonds. The second-order valence-corrected chi connectivity index (χ2v) is 6.31. The highest BCUT2D eigenvalue weighted by molar-refractivity contribution is 9.10. The molecular formula is C14H22BrNO. The van der Waals surface area contributed by atoms with Gasteiger partial charge in [0, 0.05) is 4.47 Å². The van der Waals surface area contributed by atoms with Crippen molar-refractivity contribution in [3.63, 3.8) is 0 Å². The summed E-state index contributed by atoms with van der Waals surface area (Å²) in [7, 11) is 0. The highest BCUT2D eigenvalue weighted by Gasteiger charge is 2.10. The van der Waals surface area contributed by atoms with Crippen molar-refractivity contribution in [2.75, 3.05) is 13.2 Å². The predicted octanol–water partition coefficient (Wildman–Crippen LogP) is 3.77. The average Bonchev–Trinajstić information content (AvgIpc) is 2.21. The monoisotopic (exact) mass is 299 g/mol. The van der Waals surface area contributed by atoms with Gasteiger partial charge in [0.2, 0.25) is 0 Å². The van der Waals surface area contributed by atoms with E-state index in [1.807, 2.05) is 12.1 Å². The Morgan fingerprint density at radius 2 is 2.00 bits per heavy atom. The third-order valence-electron chi connectivity index (χ3n) is 2.55. The van der Waals surface area contributed by atoms with Crippen LogP contribution < -0.4 is 10.5 Å². The summed E-state index contributed by atoms with van der Waals surface area (Å²) in [6, 6.07) is 6.09. The molecule has 0 heterocycles. The molecule has 0 aliphatic carbocycles. The largest absolute Gasteiger partial charge is 0.494 e. The zero-order chi connectivity index (χ0) is 12.9. The Morgan fingerprint density at radius 1 is 1.29 bits per heavy atom. The normalized spacial score (nSPS) is 11.6. The van der Waals surface area contributed by atoms with Crippen molar-refractivity contribution in [2.45, 2.75) is 33.6 Å². The summed E-state index contributed by atoms with van der Waals surface area (Å²) < 4.78 is 6.87. The van der Waals surface area contributed by atoms with Crippen molar-refractivity contribution in [3.05, 3.63) is 28.2 Å². The molecule has 1 aromatic rings. The van der Waals surface area contributed by atoms with Gasteiger partial charge in [-0.1, -0.05) is 36.7 Å². The molecule has 0 fully saturated rings. The summed E-state index contributed by atoms with van der Waals surface area (Å²) in [6.07, 6.45) is 1.92. The maximum absolute atomic E-state index is 5.76. The van der Waals surface area contributed by atoms with Gasteiger partial charge >= 0.3 is 0 Å². The summed E-state index contributed by atoms with van der Waals surface area (Å²) in [4.78, 5) is 0. The Kier molecular flexibility index (Phi) is 5.47. The Labute approximate surface area is 113 Å². The van der Waals surface area contributed by atoms with Gasteiger partial charge in [-0.2, -0.15) is 0 Å². The van der Waals surface area contributed by atoms with Crippen molar-refractivity contribution >= 4 is 15.9 Å². The third-order valence-corrected chi connectivity index (χ3v) is 3.33. The minimum absolute atomic E-state index is 0.315. The van der Waals surface area contributed by atoms with Crippen molar-refractivity contribution < 1.29 is 4.74 Å². The molecule has 1 rings (SSSR count). The van der Waals surface area contributed by atoms with Crippen LogP contribution >= 0.6 is 15.9 Å². The smallest absolute Gasteiger partial charge is 0.119 e. The van der Waals surface area contributed by atoms with Crippen LogP contribution in [-0.4, -0.2) is 13.2 Å². The van der Waals surface area contributed by atoms with Crippen LogP contribution in [0.15, 0.2) is 22.7 Å². The van der Waals surface area contributed by atoms with Gasteiger partial charge in [-0.25, -0.2) is 0 Å². The molecule has 0 saturated heterocycles. The van der Waals surface area contributed by atoms with Crippen LogP contribution in [0.5, 0.6) is 5.75 Å². The second-order valence-electron chi connectivity index (χ2n) is 5.45. The summed E-state index contributed by atoms with van der Waals surface area (Å²) in [5.74, 6) is 0.931. The van der Waals surface area contributed by atoms with E-state index < -0.39 is 0 Å². The van der Waals surface area contributed by atoms with E-state index in [4.69, 9.17) is 10.5 Å². The first kappa shape index (κ1) is 14.5. The first-order valence-electron chi connectivity index (χ1n) is 6.04. The van der Waals surface area contributed by atoms with Crippen LogP contribution in [0.4, 0.5) is 0 Å². The fraction of sp³-hybridized carbons (Fsp3) is 0.571. The van der Waals surface area contributed by atoms with Gasteiger partial charge in [0.05, 0.1) is 6.61 Å². The quantitative estimate of drug-likeness (QED) is 0.898. The van der Waals surface area contributed by atoms with E-state index in [1.54, 1.807) is 0 Å². The molecule has 0 spiro atoms. The van der Waals surface area contributed by atoms with Gasteiger partial charge in [0.1, 0.15) is 5.75 Å². The van der Waals surface area contributed by atoms with Gasteiger partial charge in [-0.15, -0.1) is 0 Å². The van der Waals surface area contributed by atoms with E-state index in [0.29, 0.717) is 12.0 Å². The van der Waals surface area contributed by atoms with E-state index in [-0.39, 0.29) is 0 Å². The summed E-state index contributed by atoms with van der Waals surface area (Å²) in [6.45, 7) is 8.07. The van der Waals surface area contributed by atoms with Crippen molar-refractivity contribution in [3.8, 4) is 5.75 Å². The lowest BCUT2D eigenvalue weighted by molar-refractivity contribution is 0.243. The molecule has 0 bridgehead atoms. The molecule has 1 aromatic carbocycles. The highest BCUT2D eigenvalue weighted by atomic mass is 79.9. The lowest BCUT2D eigenvalue weighted by Crippen LogP contribution is -2.11. The van der Waals surface area contributed by atoms with Gasteiger partial charge in [-0.3, -0.25) is 0 Å². The van der Waals surface area contributed by atoms with Gasteiger partial charge < -0.3 is 10.5 Å². The highest BCUT2D eigenvalue weighted by Crippen LogP contribution is 2.24. The molecule has 17 heavy (non-hydrogen) atoms. The summed E-state index contributed by atoms with van der Waals surface area (Å²) >= 11 is 3.52. The van der Waals surface area contributed by atoms with Crippen LogP contribution in [0.2, 0.25) is 0 Å². The number of hydrogen-bond acceptors (Lipinski definition) is 2. The molecule has 0 saturated carbocycles. The molecular weight excluding hydrogens is 278 g/mol. The van der Waals surface area contributed by atoms with Crippen LogP contribution in [0.25, 0.3) is 0 Å². The van der Waals surface area contributed by atoms with Gasteiger partial charge in [0.15, 0.2) is 0 Å². The van der Waals surface area contributed by atoms with E-state index in [9.17, 15) is 0 Å². The van der Waals surface area contributed by atoms with Crippen LogP contribution in [-0.2, 0) is 6.42 Å². The number of rotatable bonds is 5. The Morgan fingerprint density at radius 3 is 2.59 bits per heavy atom. The van der Waals surface area contributed by atoms with Crippen molar-refractivity contribution in [1.29, 1.82) is 0 Å². The van der Waals surface area contributed by atoms with Crippen LogP contribution in [0, 0.1) is 5.41 Å². The molecule has 0 aliphatic heterocycles. The molecule has 0 radical (unpaired) electrons. The Hall–Kier alpha value is -0.540. The number of ether oxygens (including phenoxy) is 1. The zero-order valence-corrected chi connectivity index (χ0v) is 12.5. The van der Waals surface area contributed by atoms with E-state index >= 15 is 0 Å². The topological polar surface area (TPSA) is 35.2 Å². The standard InChI is InChI=1S/C14H22BrNO/c1-14(2,3)7-9-17-12-4-5-13(15)11(10-12)6-8-16/h4-5,10H,6-9,16H2,1-3H3. The Balaban J connectivity index is 2.57. The lowest BCUT2D eigenvalue weighted by atomic mass is 9.93. The molecule has 2 nitrogen and oxygen atoms in total. The number of benzene rings is 1. The summed E-state index contributed by atoms with van der Waals surface area (Å²) in [5.41, 5.74) is 7.10. The molecule has 0 atom stereocenters. The molecule has 3 heteroatoms. The molecule has 0 aliphatic rings. The van der Waals surface area contributed by atoms with Crippen molar-refractivity contribution in [2.24, 2.45) is 11.1 Å². The van der Waals surface area contributed by atoms with Crippen LogP contribution in [0.1, 0.15) is 32.8 Å².